The normalized spacial score (nSPS) is 34.2. The summed E-state index contributed by atoms with van der Waals surface area (Å²) < 4.78 is 5.61. The van der Waals surface area contributed by atoms with Gasteiger partial charge in [-0.1, -0.05) is 26.8 Å². The summed E-state index contributed by atoms with van der Waals surface area (Å²) in [4.78, 5) is 0. The molecule has 3 rings (SSSR count). The van der Waals surface area contributed by atoms with Gasteiger partial charge in [0.05, 0.1) is 6.61 Å². The Morgan fingerprint density at radius 1 is 1.30 bits per heavy atom. The number of fused-ring (bicyclic) bond motifs is 2. The summed E-state index contributed by atoms with van der Waals surface area (Å²) in [7, 11) is 0. The first-order valence-electron chi connectivity index (χ1n) is 7.95. The molecule has 0 amide bonds. The fourth-order valence-corrected chi connectivity index (χ4v) is 4.67. The predicted octanol–water partition coefficient (Wildman–Crippen LogP) is 4.71. The molecule has 2 nitrogen and oxygen atoms in total. The number of hydrogen-bond acceptors (Lipinski definition) is 2. The van der Waals surface area contributed by atoms with E-state index in [9.17, 15) is 0 Å². The van der Waals surface area contributed by atoms with Crippen LogP contribution in [0.3, 0.4) is 0 Å². The lowest BCUT2D eigenvalue weighted by Crippen LogP contribution is -2.45. The highest BCUT2D eigenvalue weighted by molar-refractivity contribution is 5.50. The Balaban J connectivity index is 1.82. The smallest absolute Gasteiger partial charge is 0.121 e. The minimum Gasteiger partial charge on any atom is -0.494 e. The SMILES string of the molecule is CCOc1cccc(NC2C3(C)CCC(C3)C2(C)C)c1. The second kappa shape index (κ2) is 4.68. The Morgan fingerprint density at radius 3 is 2.75 bits per heavy atom. The third-order valence-electron chi connectivity index (χ3n) is 5.73. The third-order valence-corrected chi connectivity index (χ3v) is 5.73. The molecule has 0 radical (unpaired) electrons. The van der Waals surface area contributed by atoms with E-state index in [1.54, 1.807) is 0 Å². The minimum absolute atomic E-state index is 0.384. The van der Waals surface area contributed by atoms with Gasteiger partial charge in [0.2, 0.25) is 0 Å². The van der Waals surface area contributed by atoms with Gasteiger partial charge in [0, 0.05) is 17.8 Å². The zero-order chi connectivity index (χ0) is 14.4. The first kappa shape index (κ1) is 13.8. The Morgan fingerprint density at radius 2 is 2.10 bits per heavy atom. The zero-order valence-corrected chi connectivity index (χ0v) is 13.2. The second-order valence-electron chi connectivity index (χ2n) is 7.45. The van der Waals surface area contributed by atoms with Gasteiger partial charge in [-0.2, -0.15) is 0 Å². The van der Waals surface area contributed by atoms with E-state index in [1.165, 1.54) is 24.9 Å². The fraction of sp³-hybridized carbons (Fsp3) is 0.667. The molecule has 0 spiro atoms. The molecule has 0 heterocycles. The van der Waals surface area contributed by atoms with Crippen molar-refractivity contribution in [3.05, 3.63) is 24.3 Å². The monoisotopic (exact) mass is 273 g/mol. The largest absolute Gasteiger partial charge is 0.494 e. The molecule has 2 aliphatic carbocycles. The number of nitrogens with one attached hydrogen (secondary N) is 1. The number of rotatable bonds is 4. The maximum atomic E-state index is 5.61. The van der Waals surface area contributed by atoms with Crippen molar-refractivity contribution in [1.29, 1.82) is 0 Å². The van der Waals surface area contributed by atoms with Gasteiger partial charge in [0.1, 0.15) is 5.75 Å². The lowest BCUT2D eigenvalue weighted by Gasteiger charge is -2.43. The summed E-state index contributed by atoms with van der Waals surface area (Å²) in [6.45, 7) is 10.1. The van der Waals surface area contributed by atoms with Crippen molar-refractivity contribution in [2.24, 2.45) is 16.7 Å². The summed E-state index contributed by atoms with van der Waals surface area (Å²) in [6, 6.07) is 8.96. The van der Waals surface area contributed by atoms with Crippen LogP contribution in [-0.2, 0) is 0 Å². The van der Waals surface area contributed by atoms with Crippen molar-refractivity contribution in [1.82, 2.24) is 0 Å². The number of anilines is 1. The van der Waals surface area contributed by atoms with Crippen molar-refractivity contribution in [2.45, 2.75) is 53.0 Å². The molecule has 110 valence electrons. The molecule has 2 bridgehead atoms. The summed E-state index contributed by atoms with van der Waals surface area (Å²) >= 11 is 0. The summed E-state index contributed by atoms with van der Waals surface area (Å²) in [5.41, 5.74) is 2.03. The molecule has 20 heavy (non-hydrogen) atoms. The molecule has 0 aliphatic heterocycles. The van der Waals surface area contributed by atoms with Crippen LogP contribution in [-0.4, -0.2) is 12.6 Å². The van der Waals surface area contributed by atoms with Crippen LogP contribution in [0.1, 0.15) is 47.0 Å². The molecule has 0 saturated heterocycles. The molecular weight excluding hydrogens is 246 g/mol. The number of ether oxygens (including phenoxy) is 1. The molecule has 1 aromatic rings. The molecule has 3 unspecified atom stereocenters. The molecule has 1 aromatic carbocycles. The molecule has 3 atom stereocenters. The molecule has 2 fully saturated rings. The van der Waals surface area contributed by atoms with Gasteiger partial charge in [0.15, 0.2) is 0 Å². The van der Waals surface area contributed by atoms with Gasteiger partial charge in [-0.15, -0.1) is 0 Å². The summed E-state index contributed by atoms with van der Waals surface area (Å²) in [6.07, 6.45) is 4.15. The maximum absolute atomic E-state index is 5.61. The van der Waals surface area contributed by atoms with Gasteiger partial charge in [-0.05, 0) is 55.1 Å². The van der Waals surface area contributed by atoms with Crippen LogP contribution in [0, 0.1) is 16.7 Å². The maximum Gasteiger partial charge on any atom is 0.121 e. The van der Waals surface area contributed by atoms with Gasteiger partial charge in [-0.3, -0.25) is 0 Å². The lowest BCUT2D eigenvalue weighted by atomic mass is 9.68. The van der Waals surface area contributed by atoms with E-state index in [0.29, 0.717) is 16.9 Å². The first-order valence-corrected chi connectivity index (χ1v) is 7.95. The van der Waals surface area contributed by atoms with Gasteiger partial charge < -0.3 is 10.1 Å². The van der Waals surface area contributed by atoms with Crippen molar-refractivity contribution < 1.29 is 4.74 Å². The van der Waals surface area contributed by atoms with E-state index < -0.39 is 0 Å². The number of benzene rings is 1. The lowest BCUT2D eigenvalue weighted by molar-refractivity contribution is 0.155. The van der Waals surface area contributed by atoms with Gasteiger partial charge in [-0.25, -0.2) is 0 Å². The van der Waals surface area contributed by atoms with Crippen molar-refractivity contribution in [3.63, 3.8) is 0 Å². The predicted molar refractivity (Wildman–Crippen MR) is 84.3 cm³/mol. The number of hydrogen-bond donors (Lipinski definition) is 1. The summed E-state index contributed by atoms with van der Waals surface area (Å²) in [5.74, 6) is 1.84. The highest BCUT2D eigenvalue weighted by Gasteiger charge is 2.59. The van der Waals surface area contributed by atoms with Crippen molar-refractivity contribution >= 4 is 5.69 Å². The van der Waals surface area contributed by atoms with Crippen LogP contribution in [0.2, 0.25) is 0 Å². The van der Waals surface area contributed by atoms with Crippen LogP contribution in [0.4, 0.5) is 5.69 Å². The van der Waals surface area contributed by atoms with E-state index in [4.69, 9.17) is 4.74 Å². The van der Waals surface area contributed by atoms with Crippen molar-refractivity contribution in [3.8, 4) is 5.75 Å². The Bertz CT molecular complexity index is 491. The third kappa shape index (κ3) is 2.10. The van der Waals surface area contributed by atoms with Crippen LogP contribution >= 0.6 is 0 Å². The summed E-state index contributed by atoms with van der Waals surface area (Å²) in [5, 5.41) is 3.82. The Hall–Kier alpha value is -1.18. The Kier molecular flexibility index (Phi) is 3.23. The molecule has 2 heteroatoms. The van der Waals surface area contributed by atoms with Crippen LogP contribution in [0.15, 0.2) is 24.3 Å². The van der Waals surface area contributed by atoms with E-state index >= 15 is 0 Å². The van der Waals surface area contributed by atoms with E-state index in [-0.39, 0.29) is 0 Å². The molecule has 1 N–H and O–H groups in total. The van der Waals surface area contributed by atoms with Crippen LogP contribution < -0.4 is 10.1 Å². The molecular formula is C18H27NO. The molecule has 2 aliphatic rings. The quantitative estimate of drug-likeness (QED) is 0.857. The van der Waals surface area contributed by atoms with Gasteiger partial charge in [0.25, 0.3) is 0 Å². The van der Waals surface area contributed by atoms with Crippen LogP contribution in [0.25, 0.3) is 0 Å². The molecule has 0 aromatic heterocycles. The highest BCUT2D eigenvalue weighted by atomic mass is 16.5. The zero-order valence-electron chi connectivity index (χ0n) is 13.2. The minimum atomic E-state index is 0.384. The van der Waals surface area contributed by atoms with E-state index in [0.717, 1.165) is 18.3 Å². The first-order chi connectivity index (χ1) is 9.45. The van der Waals surface area contributed by atoms with Crippen molar-refractivity contribution in [2.75, 3.05) is 11.9 Å². The highest BCUT2D eigenvalue weighted by Crippen LogP contribution is 2.63. The second-order valence-corrected chi connectivity index (χ2v) is 7.45. The average molecular weight is 273 g/mol. The topological polar surface area (TPSA) is 21.3 Å². The fourth-order valence-electron chi connectivity index (χ4n) is 4.67. The average Bonchev–Trinajstić information content (AvgIpc) is 2.87. The van der Waals surface area contributed by atoms with Gasteiger partial charge >= 0.3 is 0 Å². The molecule has 2 saturated carbocycles. The van der Waals surface area contributed by atoms with Crippen LogP contribution in [0.5, 0.6) is 5.75 Å². The standard InChI is InChI=1S/C18H27NO/c1-5-20-15-8-6-7-14(11-15)19-16-17(2,3)13-9-10-18(16,4)12-13/h6-8,11,13,16,19H,5,9-10,12H2,1-4H3. The van der Waals surface area contributed by atoms with E-state index in [2.05, 4.69) is 44.3 Å². The Labute approximate surface area is 122 Å². The van der Waals surface area contributed by atoms with E-state index in [1.807, 2.05) is 13.0 Å².